The minimum absolute atomic E-state index is 0.0580. The molecule has 12 heavy (non-hydrogen) atoms. The zero-order valence-corrected chi connectivity index (χ0v) is 7.98. The first kappa shape index (κ1) is 9.63. The summed E-state index contributed by atoms with van der Waals surface area (Å²) < 4.78 is 36.6. The molecule has 0 unspecified atom stereocenters. The molecule has 0 aromatic heterocycles. The molecule has 66 valence electrons. The van der Waals surface area contributed by atoms with E-state index in [1.54, 1.807) is 22.6 Å². The van der Waals surface area contributed by atoms with Crippen molar-refractivity contribution < 1.29 is 13.2 Å². The number of nitrogens with two attached hydrogens (primary N) is 1. The van der Waals surface area contributed by atoms with Crippen LogP contribution in [0, 0.1) is 3.57 Å². The molecule has 0 atom stereocenters. The molecule has 1 aromatic rings. The van der Waals surface area contributed by atoms with Gasteiger partial charge >= 0.3 is 6.18 Å². The maximum atomic E-state index is 12.2. The van der Waals surface area contributed by atoms with Gasteiger partial charge in [0.15, 0.2) is 0 Å². The number of benzene rings is 1. The summed E-state index contributed by atoms with van der Waals surface area (Å²) in [6.45, 7) is 0. The van der Waals surface area contributed by atoms with E-state index in [9.17, 15) is 13.2 Å². The Balaban J connectivity index is 3.26. The monoisotopic (exact) mass is 287 g/mol. The Kier molecular flexibility index (Phi) is 2.50. The third kappa shape index (κ3) is 1.82. The molecule has 0 radical (unpaired) electrons. The molecular weight excluding hydrogens is 282 g/mol. The summed E-state index contributed by atoms with van der Waals surface area (Å²) in [4.78, 5) is 0. The van der Waals surface area contributed by atoms with E-state index in [1.807, 2.05) is 0 Å². The second-order valence-corrected chi connectivity index (χ2v) is 3.29. The SMILES string of the molecule is Nc1cccc(C(F)(F)F)c1I. The molecule has 0 amide bonds. The maximum absolute atomic E-state index is 12.2. The van der Waals surface area contributed by atoms with E-state index < -0.39 is 11.7 Å². The lowest BCUT2D eigenvalue weighted by molar-refractivity contribution is -0.138. The van der Waals surface area contributed by atoms with Crippen LogP contribution < -0.4 is 5.73 Å². The number of rotatable bonds is 0. The number of alkyl halides is 3. The normalized spacial score (nSPS) is 11.7. The lowest BCUT2D eigenvalue weighted by atomic mass is 10.2. The molecule has 0 aliphatic heterocycles. The van der Waals surface area contributed by atoms with Crippen LogP contribution in [0.3, 0.4) is 0 Å². The molecule has 5 heteroatoms. The van der Waals surface area contributed by atoms with Crippen LogP contribution in [-0.4, -0.2) is 0 Å². The Bertz CT molecular complexity index is 295. The van der Waals surface area contributed by atoms with Crippen molar-refractivity contribution in [1.29, 1.82) is 0 Å². The van der Waals surface area contributed by atoms with E-state index in [-0.39, 0.29) is 9.26 Å². The van der Waals surface area contributed by atoms with Crippen molar-refractivity contribution in [3.05, 3.63) is 27.3 Å². The van der Waals surface area contributed by atoms with E-state index in [0.717, 1.165) is 6.07 Å². The van der Waals surface area contributed by atoms with Crippen molar-refractivity contribution in [3.8, 4) is 0 Å². The highest BCUT2D eigenvalue weighted by atomic mass is 127. The van der Waals surface area contributed by atoms with Gasteiger partial charge in [0, 0.05) is 9.26 Å². The van der Waals surface area contributed by atoms with Gasteiger partial charge in [0.2, 0.25) is 0 Å². The summed E-state index contributed by atoms with van der Waals surface area (Å²) in [5.41, 5.74) is 4.79. The standard InChI is InChI=1S/C7H5F3IN/c8-7(9,10)4-2-1-3-5(12)6(4)11/h1-3H,12H2. The summed E-state index contributed by atoms with van der Waals surface area (Å²) in [6, 6.07) is 3.75. The molecular formula is C7H5F3IN. The average Bonchev–Trinajstić information content (AvgIpc) is 1.92. The van der Waals surface area contributed by atoms with Crippen LogP contribution in [0.5, 0.6) is 0 Å². The molecule has 2 N–H and O–H groups in total. The van der Waals surface area contributed by atoms with Crippen molar-refractivity contribution in [3.63, 3.8) is 0 Å². The molecule has 0 fully saturated rings. The Morgan fingerprint density at radius 1 is 1.25 bits per heavy atom. The lowest BCUT2D eigenvalue weighted by Gasteiger charge is -2.09. The molecule has 1 aromatic carbocycles. The highest BCUT2D eigenvalue weighted by molar-refractivity contribution is 14.1. The number of hydrogen-bond donors (Lipinski definition) is 1. The van der Waals surface area contributed by atoms with Gasteiger partial charge in [-0.05, 0) is 34.7 Å². The zero-order chi connectivity index (χ0) is 9.35. The third-order valence-corrected chi connectivity index (χ3v) is 2.54. The average molecular weight is 287 g/mol. The van der Waals surface area contributed by atoms with E-state index in [1.165, 1.54) is 12.1 Å². The van der Waals surface area contributed by atoms with E-state index in [2.05, 4.69) is 0 Å². The molecule has 0 saturated carbocycles. The summed E-state index contributed by atoms with van der Waals surface area (Å²) in [5, 5.41) is 0. The second-order valence-electron chi connectivity index (χ2n) is 2.21. The van der Waals surface area contributed by atoms with Gasteiger partial charge in [-0.3, -0.25) is 0 Å². The number of nitrogen functional groups attached to an aromatic ring is 1. The number of hydrogen-bond acceptors (Lipinski definition) is 1. The molecule has 0 saturated heterocycles. The molecule has 0 bridgehead atoms. The summed E-state index contributed by atoms with van der Waals surface area (Å²) in [5.74, 6) is 0. The summed E-state index contributed by atoms with van der Waals surface area (Å²) in [6.07, 6.45) is -4.31. The number of halogens is 4. The third-order valence-electron chi connectivity index (χ3n) is 1.33. The Morgan fingerprint density at radius 3 is 2.25 bits per heavy atom. The van der Waals surface area contributed by atoms with E-state index >= 15 is 0 Å². The Morgan fingerprint density at radius 2 is 1.83 bits per heavy atom. The fourth-order valence-corrected chi connectivity index (χ4v) is 1.43. The van der Waals surface area contributed by atoms with Gasteiger partial charge in [-0.2, -0.15) is 13.2 Å². The summed E-state index contributed by atoms with van der Waals surface area (Å²) in [7, 11) is 0. The Labute approximate surface area is 80.9 Å². The molecule has 0 heterocycles. The van der Waals surface area contributed by atoms with Gasteiger partial charge in [-0.25, -0.2) is 0 Å². The highest BCUT2D eigenvalue weighted by Gasteiger charge is 2.33. The van der Waals surface area contributed by atoms with Gasteiger partial charge in [0.25, 0.3) is 0 Å². The van der Waals surface area contributed by atoms with Crippen LogP contribution in [-0.2, 0) is 6.18 Å². The van der Waals surface area contributed by atoms with Gasteiger partial charge in [-0.15, -0.1) is 0 Å². The van der Waals surface area contributed by atoms with Crippen LogP contribution >= 0.6 is 22.6 Å². The van der Waals surface area contributed by atoms with Crippen molar-refractivity contribution in [2.45, 2.75) is 6.18 Å². The molecule has 1 rings (SSSR count). The van der Waals surface area contributed by atoms with Gasteiger partial charge in [0.1, 0.15) is 0 Å². The minimum atomic E-state index is -4.31. The fraction of sp³-hybridized carbons (Fsp3) is 0.143. The van der Waals surface area contributed by atoms with Gasteiger partial charge in [-0.1, -0.05) is 6.07 Å². The Hall–Kier alpha value is -0.460. The predicted octanol–water partition coefficient (Wildman–Crippen LogP) is 2.89. The summed E-state index contributed by atoms with van der Waals surface area (Å²) >= 11 is 1.59. The zero-order valence-electron chi connectivity index (χ0n) is 5.82. The van der Waals surface area contributed by atoms with Crippen LogP contribution in [0.4, 0.5) is 18.9 Å². The maximum Gasteiger partial charge on any atom is 0.417 e. The van der Waals surface area contributed by atoms with Crippen molar-refractivity contribution in [2.24, 2.45) is 0 Å². The molecule has 0 spiro atoms. The van der Waals surface area contributed by atoms with Crippen LogP contribution in [0.1, 0.15) is 5.56 Å². The largest absolute Gasteiger partial charge is 0.417 e. The van der Waals surface area contributed by atoms with Crippen molar-refractivity contribution >= 4 is 28.3 Å². The van der Waals surface area contributed by atoms with E-state index in [0.29, 0.717) is 0 Å². The quantitative estimate of drug-likeness (QED) is 0.576. The first-order valence-electron chi connectivity index (χ1n) is 3.04. The molecule has 0 aliphatic carbocycles. The number of anilines is 1. The lowest BCUT2D eigenvalue weighted by Crippen LogP contribution is -2.08. The van der Waals surface area contributed by atoms with Crippen molar-refractivity contribution in [2.75, 3.05) is 5.73 Å². The molecule has 1 nitrogen and oxygen atoms in total. The van der Waals surface area contributed by atoms with Gasteiger partial charge in [0.05, 0.1) is 5.56 Å². The van der Waals surface area contributed by atoms with Gasteiger partial charge < -0.3 is 5.73 Å². The highest BCUT2D eigenvalue weighted by Crippen LogP contribution is 2.34. The first-order chi connectivity index (χ1) is 5.43. The molecule has 0 aliphatic rings. The van der Waals surface area contributed by atoms with Crippen LogP contribution in [0.15, 0.2) is 18.2 Å². The fourth-order valence-electron chi connectivity index (χ4n) is 0.769. The van der Waals surface area contributed by atoms with E-state index in [4.69, 9.17) is 5.73 Å². The van der Waals surface area contributed by atoms with Crippen molar-refractivity contribution in [1.82, 2.24) is 0 Å². The smallest absolute Gasteiger partial charge is 0.398 e. The van der Waals surface area contributed by atoms with Crippen LogP contribution in [0.25, 0.3) is 0 Å². The first-order valence-corrected chi connectivity index (χ1v) is 4.12. The topological polar surface area (TPSA) is 26.0 Å². The van der Waals surface area contributed by atoms with Crippen LogP contribution in [0.2, 0.25) is 0 Å². The minimum Gasteiger partial charge on any atom is -0.398 e. The predicted molar refractivity (Wildman–Crippen MR) is 48.6 cm³/mol. The second kappa shape index (κ2) is 3.12.